The summed E-state index contributed by atoms with van der Waals surface area (Å²) in [6, 6.07) is 6.15. The van der Waals surface area contributed by atoms with Crippen LogP contribution in [0, 0.1) is 5.82 Å². The number of hydrogen-bond donors (Lipinski definition) is 0. The van der Waals surface area contributed by atoms with Gasteiger partial charge in [-0.15, -0.1) is 0 Å². The number of amides is 1. The number of halogens is 1. The number of likely N-dealkylation sites (N-methyl/N-ethyl adjacent to an activating group) is 1. The highest BCUT2D eigenvalue weighted by Crippen LogP contribution is 2.15. The first kappa shape index (κ1) is 15.3. The Bertz CT molecular complexity index is 429. The van der Waals surface area contributed by atoms with E-state index >= 15 is 0 Å². The molecule has 0 bridgehead atoms. The van der Waals surface area contributed by atoms with Crippen molar-refractivity contribution in [3.8, 4) is 5.75 Å². The highest BCUT2D eigenvalue weighted by molar-refractivity contribution is 5.67. The van der Waals surface area contributed by atoms with Gasteiger partial charge in [-0.05, 0) is 32.9 Å². The molecule has 0 aliphatic heterocycles. The lowest BCUT2D eigenvalue weighted by Gasteiger charge is -2.24. The van der Waals surface area contributed by atoms with Gasteiger partial charge in [0.15, 0.2) is 11.6 Å². The molecule has 0 aliphatic rings. The Morgan fingerprint density at radius 3 is 2.53 bits per heavy atom. The highest BCUT2D eigenvalue weighted by atomic mass is 19.1. The zero-order chi connectivity index (χ0) is 14.5. The molecule has 1 amide bonds. The maximum atomic E-state index is 13.3. The second-order valence-electron chi connectivity index (χ2n) is 5.18. The van der Waals surface area contributed by atoms with Crippen LogP contribution in [0.2, 0.25) is 0 Å². The average Bonchev–Trinajstić information content (AvgIpc) is 2.29. The van der Waals surface area contributed by atoms with E-state index in [9.17, 15) is 9.18 Å². The van der Waals surface area contributed by atoms with Crippen LogP contribution in [-0.2, 0) is 4.74 Å². The second kappa shape index (κ2) is 6.41. The van der Waals surface area contributed by atoms with E-state index in [4.69, 9.17) is 9.47 Å². The Labute approximate surface area is 113 Å². The molecule has 5 heteroatoms. The van der Waals surface area contributed by atoms with Crippen LogP contribution in [-0.4, -0.2) is 36.8 Å². The van der Waals surface area contributed by atoms with E-state index in [-0.39, 0.29) is 12.4 Å². The minimum atomic E-state index is -0.530. The first-order valence-corrected chi connectivity index (χ1v) is 6.11. The van der Waals surface area contributed by atoms with Gasteiger partial charge in [0.05, 0.1) is 6.54 Å². The molecule has 0 saturated carbocycles. The molecule has 1 aromatic rings. The molecule has 106 valence electrons. The number of ether oxygens (including phenoxy) is 2. The normalized spacial score (nSPS) is 11.0. The zero-order valence-corrected chi connectivity index (χ0v) is 11.8. The minimum absolute atomic E-state index is 0.181. The van der Waals surface area contributed by atoms with E-state index in [1.54, 1.807) is 46.0 Å². The summed E-state index contributed by atoms with van der Waals surface area (Å²) in [6.45, 7) is 5.93. The minimum Gasteiger partial charge on any atom is -0.489 e. The summed E-state index contributed by atoms with van der Waals surface area (Å²) in [4.78, 5) is 13.0. The number of carbonyl (C=O) groups excluding carboxylic acids is 1. The Kier molecular flexibility index (Phi) is 5.15. The lowest BCUT2D eigenvalue weighted by molar-refractivity contribution is 0.0277. The fourth-order valence-electron chi connectivity index (χ4n) is 1.29. The predicted octanol–water partition coefficient (Wildman–Crippen LogP) is 3.07. The Hall–Kier alpha value is -1.78. The summed E-state index contributed by atoms with van der Waals surface area (Å²) in [6.07, 6.45) is -0.426. The number of para-hydroxylation sites is 1. The standard InChI is InChI=1S/C14H20FNO3/c1-14(2,3)19-13(17)16(4)9-10-18-12-8-6-5-7-11(12)15/h5-8H,9-10H2,1-4H3. The van der Waals surface area contributed by atoms with Crippen molar-refractivity contribution in [2.45, 2.75) is 26.4 Å². The fourth-order valence-corrected chi connectivity index (χ4v) is 1.29. The van der Waals surface area contributed by atoms with Crippen molar-refractivity contribution in [3.05, 3.63) is 30.1 Å². The molecular weight excluding hydrogens is 249 g/mol. The summed E-state index contributed by atoms with van der Waals surface area (Å²) in [7, 11) is 1.61. The van der Waals surface area contributed by atoms with Crippen LogP contribution in [0.1, 0.15) is 20.8 Å². The predicted molar refractivity (Wildman–Crippen MR) is 70.8 cm³/mol. The van der Waals surface area contributed by atoms with Gasteiger partial charge in [0.25, 0.3) is 0 Å². The molecule has 0 radical (unpaired) electrons. The van der Waals surface area contributed by atoms with Crippen molar-refractivity contribution in [1.29, 1.82) is 0 Å². The van der Waals surface area contributed by atoms with E-state index in [0.717, 1.165) is 0 Å². The van der Waals surface area contributed by atoms with Gasteiger partial charge in [-0.2, -0.15) is 0 Å². The second-order valence-corrected chi connectivity index (χ2v) is 5.18. The van der Waals surface area contributed by atoms with Gasteiger partial charge in [0.1, 0.15) is 12.2 Å². The van der Waals surface area contributed by atoms with Gasteiger partial charge in [0, 0.05) is 7.05 Å². The average molecular weight is 269 g/mol. The maximum Gasteiger partial charge on any atom is 0.410 e. The Balaban J connectivity index is 2.37. The molecule has 0 spiro atoms. The van der Waals surface area contributed by atoms with Crippen LogP contribution in [0.3, 0.4) is 0 Å². The molecule has 0 atom stereocenters. The van der Waals surface area contributed by atoms with E-state index in [1.807, 2.05) is 0 Å². The molecule has 0 N–H and O–H groups in total. The summed E-state index contributed by atoms with van der Waals surface area (Å²) in [5.41, 5.74) is -0.530. The van der Waals surface area contributed by atoms with Crippen LogP contribution in [0.5, 0.6) is 5.75 Å². The van der Waals surface area contributed by atoms with Crippen molar-refractivity contribution in [3.63, 3.8) is 0 Å². The van der Waals surface area contributed by atoms with Gasteiger partial charge in [-0.3, -0.25) is 0 Å². The van der Waals surface area contributed by atoms with Crippen LogP contribution < -0.4 is 4.74 Å². The Morgan fingerprint density at radius 1 is 1.32 bits per heavy atom. The largest absolute Gasteiger partial charge is 0.489 e. The van der Waals surface area contributed by atoms with Crippen molar-refractivity contribution < 1.29 is 18.7 Å². The van der Waals surface area contributed by atoms with Crippen LogP contribution in [0.25, 0.3) is 0 Å². The van der Waals surface area contributed by atoms with Crippen LogP contribution in [0.15, 0.2) is 24.3 Å². The topological polar surface area (TPSA) is 38.8 Å². The van der Waals surface area contributed by atoms with E-state index < -0.39 is 17.5 Å². The SMILES string of the molecule is CN(CCOc1ccccc1F)C(=O)OC(C)(C)C. The number of carbonyl (C=O) groups is 1. The molecule has 0 unspecified atom stereocenters. The fraction of sp³-hybridized carbons (Fsp3) is 0.500. The van der Waals surface area contributed by atoms with E-state index in [1.165, 1.54) is 11.0 Å². The van der Waals surface area contributed by atoms with E-state index in [0.29, 0.717) is 6.54 Å². The molecule has 0 aromatic heterocycles. The monoisotopic (exact) mass is 269 g/mol. The molecule has 0 saturated heterocycles. The summed E-state index contributed by atoms with van der Waals surface area (Å²) < 4.78 is 23.7. The third-order valence-corrected chi connectivity index (χ3v) is 2.23. The summed E-state index contributed by atoms with van der Waals surface area (Å²) >= 11 is 0. The molecule has 19 heavy (non-hydrogen) atoms. The van der Waals surface area contributed by atoms with Gasteiger partial charge in [-0.1, -0.05) is 12.1 Å². The molecule has 0 heterocycles. The molecule has 4 nitrogen and oxygen atoms in total. The molecule has 1 rings (SSSR count). The first-order chi connectivity index (χ1) is 8.79. The van der Waals surface area contributed by atoms with Crippen molar-refractivity contribution in [2.75, 3.05) is 20.2 Å². The molecular formula is C14H20FNO3. The number of hydrogen-bond acceptors (Lipinski definition) is 3. The number of nitrogens with zero attached hydrogens (tertiary/aromatic N) is 1. The summed E-state index contributed by atoms with van der Waals surface area (Å²) in [5.74, 6) is -0.234. The van der Waals surface area contributed by atoms with E-state index in [2.05, 4.69) is 0 Å². The third-order valence-electron chi connectivity index (χ3n) is 2.23. The van der Waals surface area contributed by atoms with Gasteiger partial charge >= 0.3 is 6.09 Å². The van der Waals surface area contributed by atoms with Crippen LogP contribution >= 0.6 is 0 Å². The van der Waals surface area contributed by atoms with Gasteiger partial charge < -0.3 is 14.4 Å². The smallest absolute Gasteiger partial charge is 0.410 e. The summed E-state index contributed by atoms with van der Waals surface area (Å²) in [5, 5.41) is 0. The van der Waals surface area contributed by atoms with Crippen molar-refractivity contribution >= 4 is 6.09 Å². The quantitative estimate of drug-likeness (QED) is 0.843. The van der Waals surface area contributed by atoms with Gasteiger partial charge in [-0.25, -0.2) is 9.18 Å². The molecule has 1 aromatic carbocycles. The molecule has 0 aliphatic carbocycles. The highest BCUT2D eigenvalue weighted by Gasteiger charge is 2.19. The lowest BCUT2D eigenvalue weighted by atomic mass is 10.2. The third kappa shape index (κ3) is 5.59. The first-order valence-electron chi connectivity index (χ1n) is 6.11. The number of rotatable bonds is 4. The van der Waals surface area contributed by atoms with Crippen LogP contribution in [0.4, 0.5) is 9.18 Å². The maximum absolute atomic E-state index is 13.3. The van der Waals surface area contributed by atoms with Crippen molar-refractivity contribution in [2.24, 2.45) is 0 Å². The lowest BCUT2D eigenvalue weighted by Crippen LogP contribution is -2.36. The Morgan fingerprint density at radius 2 is 1.95 bits per heavy atom. The number of benzene rings is 1. The zero-order valence-electron chi connectivity index (χ0n) is 11.8. The van der Waals surface area contributed by atoms with Crippen molar-refractivity contribution in [1.82, 2.24) is 4.90 Å². The van der Waals surface area contributed by atoms with Gasteiger partial charge in [0.2, 0.25) is 0 Å². The molecule has 0 fully saturated rings.